The number of rotatable bonds is 5. The molecule has 3 rings (SSSR count). The molecule has 0 spiro atoms. The molecule has 1 heterocycles. The molecule has 0 bridgehead atoms. The highest BCUT2D eigenvalue weighted by atomic mass is 16.5. The van der Waals surface area contributed by atoms with Crippen LogP contribution in [-0.4, -0.2) is 18.6 Å². The molecule has 4 heteroatoms. The first-order chi connectivity index (χ1) is 12.1. The molecular weight excluding hydrogens is 314 g/mol. The normalized spacial score (nSPS) is 18.0. The summed E-state index contributed by atoms with van der Waals surface area (Å²) < 4.78 is 11.6. The molecule has 1 atom stereocenters. The van der Waals surface area contributed by atoms with E-state index in [1.165, 1.54) is 0 Å². The summed E-state index contributed by atoms with van der Waals surface area (Å²) in [5.74, 6) is 1.32. The maximum atomic E-state index is 12.9. The largest absolute Gasteiger partial charge is 0.496 e. The van der Waals surface area contributed by atoms with Gasteiger partial charge in [-0.3, -0.25) is 4.79 Å². The SMILES string of the molecule is CCC1(CC)CC(NC(=O)c2ccccc2OC)c2ccccc2O1. The van der Waals surface area contributed by atoms with Gasteiger partial charge in [0.2, 0.25) is 0 Å². The number of ether oxygens (including phenoxy) is 2. The molecule has 1 N–H and O–H groups in total. The fraction of sp³-hybridized carbons (Fsp3) is 0.381. The molecule has 2 aromatic carbocycles. The molecule has 1 amide bonds. The van der Waals surface area contributed by atoms with Crippen molar-refractivity contribution in [2.24, 2.45) is 0 Å². The number of benzene rings is 2. The highest BCUT2D eigenvalue weighted by Crippen LogP contribution is 2.42. The van der Waals surface area contributed by atoms with Gasteiger partial charge in [-0.15, -0.1) is 0 Å². The van der Waals surface area contributed by atoms with Crippen LogP contribution in [0, 0.1) is 0 Å². The fourth-order valence-electron chi connectivity index (χ4n) is 3.50. The third-order valence-corrected chi connectivity index (χ3v) is 5.14. The van der Waals surface area contributed by atoms with Gasteiger partial charge in [-0.25, -0.2) is 0 Å². The quantitative estimate of drug-likeness (QED) is 0.872. The minimum atomic E-state index is -0.243. The van der Waals surface area contributed by atoms with E-state index in [1.807, 2.05) is 36.4 Å². The van der Waals surface area contributed by atoms with Crippen LogP contribution in [-0.2, 0) is 0 Å². The van der Waals surface area contributed by atoms with Gasteiger partial charge < -0.3 is 14.8 Å². The van der Waals surface area contributed by atoms with Crippen molar-refractivity contribution in [1.29, 1.82) is 0 Å². The Morgan fingerprint density at radius 2 is 1.84 bits per heavy atom. The second-order valence-electron chi connectivity index (χ2n) is 6.46. The highest BCUT2D eigenvalue weighted by molar-refractivity contribution is 5.97. The number of hydrogen-bond acceptors (Lipinski definition) is 3. The summed E-state index contributed by atoms with van der Waals surface area (Å²) in [6.07, 6.45) is 2.57. The van der Waals surface area contributed by atoms with Crippen LogP contribution in [0.1, 0.15) is 55.1 Å². The summed E-state index contributed by atoms with van der Waals surface area (Å²) in [5.41, 5.74) is 1.34. The average Bonchev–Trinajstić information content (AvgIpc) is 2.67. The minimum Gasteiger partial charge on any atom is -0.496 e. The first-order valence-corrected chi connectivity index (χ1v) is 8.84. The summed E-state index contributed by atoms with van der Waals surface area (Å²) >= 11 is 0. The summed E-state index contributed by atoms with van der Waals surface area (Å²) in [7, 11) is 1.58. The van der Waals surface area contributed by atoms with Gasteiger partial charge in [0.1, 0.15) is 17.1 Å². The molecule has 132 valence electrons. The lowest BCUT2D eigenvalue weighted by Gasteiger charge is -2.41. The van der Waals surface area contributed by atoms with Crippen molar-refractivity contribution in [3.05, 3.63) is 59.7 Å². The number of methoxy groups -OCH3 is 1. The Morgan fingerprint density at radius 1 is 1.16 bits per heavy atom. The van der Waals surface area contributed by atoms with Crippen LogP contribution in [0.25, 0.3) is 0 Å². The van der Waals surface area contributed by atoms with E-state index in [0.717, 1.165) is 30.6 Å². The Hall–Kier alpha value is -2.49. The smallest absolute Gasteiger partial charge is 0.255 e. The van der Waals surface area contributed by atoms with Crippen molar-refractivity contribution in [1.82, 2.24) is 5.32 Å². The fourth-order valence-corrected chi connectivity index (χ4v) is 3.50. The lowest BCUT2D eigenvalue weighted by atomic mass is 9.83. The Morgan fingerprint density at radius 3 is 2.56 bits per heavy atom. The van der Waals surface area contributed by atoms with Crippen LogP contribution in [0.3, 0.4) is 0 Å². The average molecular weight is 339 g/mol. The van der Waals surface area contributed by atoms with E-state index in [2.05, 4.69) is 19.2 Å². The first-order valence-electron chi connectivity index (χ1n) is 8.84. The molecule has 1 aliphatic heterocycles. The molecule has 0 aliphatic carbocycles. The predicted molar refractivity (Wildman–Crippen MR) is 98.2 cm³/mol. The van der Waals surface area contributed by atoms with Gasteiger partial charge in [0.05, 0.1) is 18.7 Å². The van der Waals surface area contributed by atoms with Gasteiger partial charge in [0, 0.05) is 12.0 Å². The van der Waals surface area contributed by atoms with Gasteiger partial charge in [0.15, 0.2) is 0 Å². The van der Waals surface area contributed by atoms with E-state index in [4.69, 9.17) is 9.47 Å². The second kappa shape index (κ2) is 7.18. The zero-order chi connectivity index (χ0) is 17.9. The highest BCUT2D eigenvalue weighted by Gasteiger charge is 2.39. The van der Waals surface area contributed by atoms with Crippen molar-refractivity contribution in [2.75, 3.05) is 7.11 Å². The number of para-hydroxylation sites is 2. The molecule has 25 heavy (non-hydrogen) atoms. The molecule has 1 unspecified atom stereocenters. The van der Waals surface area contributed by atoms with Gasteiger partial charge >= 0.3 is 0 Å². The lowest BCUT2D eigenvalue weighted by Crippen LogP contribution is -2.44. The van der Waals surface area contributed by atoms with E-state index in [9.17, 15) is 4.79 Å². The van der Waals surface area contributed by atoms with E-state index < -0.39 is 0 Å². The van der Waals surface area contributed by atoms with Crippen molar-refractivity contribution < 1.29 is 14.3 Å². The molecule has 0 saturated heterocycles. The second-order valence-corrected chi connectivity index (χ2v) is 6.46. The summed E-state index contributed by atoms with van der Waals surface area (Å²) in [6.45, 7) is 4.27. The van der Waals surface area contributed by atoms with Gasteiger partial charge in [-0.2, -0.15) is 0 Å². The van der Waals surface area contributed by atoms with Crippen molar-refractivity contribution >= 4 is 5.91 Å². The van der Waals surface area contributed by atoms with Gasteiger partial charge in [-0.05, 0) is 31.0 Å². The maximum Gasteiger partial charge on any atom is 0.255 e. The number of carbonyl (C=O) groups excluding carboxylic acids is 1. The van der Waals surface area contributed by atoms with Crippen molar-refractivity contribution in [3.63, 3.8) is 0 Å². The zero-order valence-electron chi connectivity index (χ0n) is 15.0. The Balaban J connectivity index is 1.91. The van der Waals surface area contributed by atoms with Crippen LogP contribution in [0.5, 0.6) is 11.5 Å². The first kappa shape index (κ1) is 17.3. The summed E-state index contributed by atoms with van der Waals surface area (Å²) in [4.78, 5) is 12.9. The molecule has 0 saturated carbocycles. The number of fused-ring (bicyclic) bond motifs is 1. The van der Waals surface area contributed by atoms with Crippen LogP contribution in [0.4, 0.5) is 0 Å². The van der Waals surface area contributed by atoms with Crippen molar-refractivity contribution in [2.45, 2.75) is 44.8 Å². The Labute approximate surface area is 149 Å². The number of nitrogens with one attached hydrogen (secondary N) is 1. The molecule has 1 aliphatic rings. The number of carbonyl (C=O) groups is 1. The minimum absolute atomic E-state index is 0.0812. The maximum absolute atomic E-state index is 12.9. The van der Waals surface area contributed by atoms with Crippen LogP contribution in [0.2, 0.25) is 0 Å². The lowest BCUT2D eigenvalue weighted by molar-refractivity contribution is 0.0227. The third kappa shape index (κ3) is 3.34. The molecule has 4 nitrogen and oxygen atoms in total. The molecule has 0 fully saturated rings. The van der Waals surface area contributed by atoms with Crippen LogP contribution >= 0.6 is 0 Å². The zero-order valence-corrected chi connectivity index (χ0v) is 15.0. The Bertz CT molecular complexity index is 752. The number of hydrogen-bond donors (Lipinski definition) is 1. The van der Waals surface area contributed by atoms with Crippen LogP contribution in [0.15, 0.2) is 48.5 Å². The van der Waals surface area contributed by atoms with Crippen LogP contribution < -0.4 is 14.8 Å². The molecule has 0 radical (unpaired) electrons. The van der Waals surface area contributed by atoms with E-state index in [0.29, 0.717) is 11.3 Å². The van der Waals surface area contributed by atoms with E-state index in [-0.39, 0.29) is 17.6 Å². The topological polar surface area (TPSA) is 47.6 Å². The summed E-state index contributed by atoms with van der Waals surface area (Å²) in [5, 5.41) is 3.19. The monoisotopic (exact) mass is 339 g/mol. The van der Waals surface area contributed by atoms with Crippen molar-refractivity contribution in [3.8, 4) is 11.5 Å². The van der Waals surface area contributed by atoms with Gasteiger partial charge in [0.25, 0.3) is 5.91 Å². The number of amides is 1. The van der Waals surface area contributed by atoms with E-state index >= 15 is 0 Å². The molecular formula is C21H25NO3. The molecule has 2 aromatic rings. The molecule has 0 aromatic heterocycles. The predicted octanol–water partition coefficient (Wildman–Crippen LogP) is 4.51. The summed E-state index contributed by atoms with van der Waals surface area (Å²) in [6, 6.07) is 15.2. The van der Waals surface area contributed by atoms with E-state index in [1.54, 1.807) is 19.2 Å². The standard InChI is InChI=1S/C21H25NO3/c1-4-21(5-2)14-17(15-10-6-9-13-19(15)25-21)22-20(23)16-11-7-8-12-18(16)24-3/h6-13,17H,4-5,14H2,1-3H3,(H,22,23). The third-order valence-electron chi connectivity index (χ3n) is 5.14. The Kier molecular flexibility index (Phi) is 4.98. The van der Waals surface area contributed by atoms with Gasteiger partial charge in [-0.1, -0.05) is 44.2 Å².